The molecular formula is C132H98. The summed E-state index contributed by atoms with van der Waals surface area (Å²) in [7, 11) is 0. The van der Waals surface area contributed by atoms with Crippen molar-refractivity contribution in [3.63, 3.8) is 0 Å². The molecule has 1 unspecified atom stereocenters. The first-order valence-corrected chi connectivity index (χ1v) is 49.3. The molecule has 19 aliphatic rings. The van der Waals surface area contributed by atoms with E-state index in [0.29, 0.717) is 29.6 Å². The second-order valence-electron chi connectivity index (χ2n) is 41.1. The maximum absolute atomic E-state index is 2.52. The molecule has 0 aromatic heterocycles. The Morgan fingerprint density at radius 2 is 0.417 bits per heavy atom. The Labute approximate surface area is 774 Å². The largest absolute Gasteiger partial charge is 0.0795 e. The molecule has 15 aromatic carbocycles. The molecule has 34 rings (SSSR count). The first-order chi connectivity index (χ1) is 65.4. The van der Waals surface area contributed by atoms with Crippen LogP contribution in [0, 0.1) is 0 Å². The molecule has 1 atom stereocenters. The maximum Gasteiger partial charge on any atom is 0.0354 e. The summed E-state index contributed by atoms with van der Waals surface area (Å²) >= 11 is 0. The molecule has 0 radical (unpaired) electrons. The highest BCUT2D eigenvalue weighted by molar-refractivity contribution is 5.81. The highest BCUT2D eigenvalue weighted by Crippen LogP contribution is 2.58. The Morgan fingerprint density at radius 1 is 0.136 bits per heavy atom. The van der Waals surface area contributed by atoms with E-state index >= 15 is 0 Å². The molecule has 626 valence electrons. The average molecular weight is 1680 g/mol. The van der Waals surface area contributed by atoms with E-state index in [2.05, 4.69) is 334 Å². The molecule has 0 heterocycles. The van der Waals surface area contributed by atoms with Gasteiger partial charge >= 0.3 is 0 Å². The number of hydrogen-bond donors (Lipinski definition) is 0. The van der Waals surface area contributed by atoms with Gasteiger partial charge in [-0.15, -0.1) is 0 Å². The van der Waals surface area contributed by atoms with Gasteiger partial charge in [0.05, 0.1) is 0 Å². The van der Waals surface area contributed by atoms with Crippen molar-refractivity contribution in [1.82, 2.24) is 0 Å². The molecule has 0 bridgehead atoms. The third-order valence-electron chi connectivity index (χ3n) is 34.5. The fourth-order valence-corrected chi connectivity index (χ4v) is 28.8. The molecule has 0 spiro atoms. The van der Waals surface area contributed by atoms with Crippen LogP contribution in [0.3, 0.4) is 0 Å². The van der Waals surface area contributed by atoms with Crippen LogP contribution in [0.25, 0.3) is 54.7 Å². The monoisotopic (exact) mass is 1680 g/mol. The molecule has 0 fully saturated rings. The lowest BCUT2D eigenvalue weighted by Gasteiger charge is -2.37. The standard InChI is InChI=1S/4C27H20.C24H18/c2*1-6-18-14-24-20-8-2-4-16(20)10-12-22(24)27-23-13-11-17-5-3-9-21(17)25(23)15-19(7-1)26(18)27;2*1-4-16-10-22-12-20-8-3-9-21-13-23-11-17-5-2-7-19(17)15-25(23)27(26(20)21)24(22)14-18(16)6-1;1-2-9-21-16(5-1)13-17-7-3-8-18-14-19-12-11-15-6-4-10-20(15)23(19)24(21)22(17)18/h1-3,6-13,27H,4-5,14-15H2;1-7,10-13,27H,8-9,14-15H2;1-3,6-11,14-15,27H,4-5,12-13H2;1-5,8-11,14-15,27H,6-7,12-13H2;1-9,11-12,24H,10,13-14H2. The topological polar surface area (TPSA) is 0 Å². The number of hydrogen-bond acceptors (Lipinski definition) is 0. The Bertz CT molecular complexity index is 7720. The van der Waals surface area contributed by atoms with Crippen LogP contribution in [0.2, 0.25) is 0 Å². The SMILES string of the molecule is C1=Cc2c(ccc3c2Cc2cccc4c2C3c2ccc3c(c2C4)C=CC3)C1.C1=Cc2cc3c(cc2C1)C1c2cc4c(cc2Cc2cccc(c21)C3)C=CC4.C1=Cc2cc3c(cc2C1)Cc1cccc2c1C3c1cc3c(cc1C2)CC=C3.C1=Cc2ccc3c(c2C1)C1c2ccccc2Cc2cccc(c21)C3.C1=Cc2ccc3c(c2C1)Cc1cccc2c1C3c1ccc3c(c1C2)CC=C3. The van der Waals surface area contributed by atoms with Gasteiger partial charge in [0, 0.05) is 29.6 Å². The van der Waals surface area contributed by atoms with Crippen LogP contribution in [0.1, 0.15) is 324 Å². The van der Waals surface area contributed by atoms with E-state index in [1.807, 2.05) is 0 Å². The van der Waals surface area contributed by atoms with Gasteiger partial charge < -0.3 is 0 Å². The lowest BCUT2D eigenvalue weighted by atomic mass is 9.66. The van der Waals surface area contributed by atoms with E-state index < -0.39 is 0 Å². The van der Waals surface area contributed by atoms with Gasteiger partial charge in [-0.1, -0.05) is 334 Å². The van der Waals surface area contributed by atoms with Crippen molar-refractivity contribution in [2.45, 2.75) is 152 Å². The summed E-state index contributed by atoms with van der Waals surface area (Å²) in [4.78, 5) is 0. The molecule has 15 aromatic rings. The summed E-state index contributed by atoms with van der Waals surface area (Å²) in [6.07, 6.45) is 62.4. The van der Waals surface area contributed by atoms with E-state index in [-0.39, 0.29) is 0 Å². The van der Waals surface area contributed by atoms with Gasteiger partial charge in [0.25, 0.3) is 0 Å². The first-order valence-electron chi connectivity index (χ1n) is 49.3. The second kappa shape index (κ2) is 28.7. The lowest BCUT2D eigenvalue weighted by molar-refractivity contribution is 0.813. The molecule has 0 nitrogen and oxygen atoms in total. The zero-order valence-electron chi connectivity index (χ0n) is 74.6. The predicted molar refractivity (Wildman–Crippen MR) is 544 cm³/mol. The average Bonchev–Trinajstić information content (AvgIpc) is 1.32. The number of benzene rings is 15. The summed E-state index contributed by atoms with van der Waals surface area (Å²) in [5, 5.41) is 0. The Kier molecular flexibility index (Phi) is 16.3. The summed E-state index contributed by atoms with van der Waals surface area (Å²) < 4.78 is 0. The first kappa shape index (κ1) is 74.7. The third-order valence-corrected chi connectivity index (χ3v) is 34.5. The van der Waals surface area contributed by atoms with Gasteiger partial charge in [0.15, 0.2) is 0 Å². The molecule has 0 amide bonds. The minimum atomic E-state index is 0.405. The number of rotatable bonds is 0. The summed E-state index contributed by atoms with van der Waals surface area (Å²) in [5.41, 5.74) is 81.2. The maximum atomic E-state index is 2.52. The van der Waals surface area contributed by atoms with E-state index in [9.17, 15) is 0 Å². The Morgan fingerprint density at radius 3 is 0.871 bits per heavy atom. The fourth-order valence-electron chi connectivity index (χ4n) is 28.8. The van der Waals surface area contributed by atoms with Crippen LogP contribution in [0.15, 0.2) is 279 Å². The van der Waals surface area contributed by atoms with Crippen molar-refractivity contribution < 1.29 is 0 Å². The van der Waals surface area contributed by atoms with Crippen LogP contribution < -0.4 is 0 Å². The molecular weight excluding hydrogens is 1590 g/mol. The van der Waals surface area contributed by atoms with Gasteiger partial charge in [0.2, 0.25) is 0 Å². The van der Waals surface area contributed by atoms with Crippen molar-refractivity contribution in [3.8, 4) is 0 Å². The van der Waals surface area contributed by atoms with Gasteiger partial charge in [-0.3, -0.25) is 0 Å². The van der Waals surface area contributed by atoms with Gasteiger partial charge in [-0.2, -0.15) is 0 Å². The smallest absolute Gasteiger partial charge is 0.0354 e. The fraction of sp³-hybridized carbons (Fsp3) is 0.182. The lowest BCUT2D eigenvalue weighted by Crippen LogP contribution is -2.24. The van der Waals surface area contributed by atoms with Crippen LogP contribution in [-0.2, 0) is 122 Å². The van der Waals surface area contributed by atoms with Crippen molar-refractivity contribution in [2.75, 3.05) is 0 Å². The van der Waals surface area contributed by atoms with Crippen LogP contribution in [0.5, 0.6) is 0 Å². The molecule has 0 heteroatoms. The predicted octanol–water partition coefficient (Wildman–Crippen LogP) is 28.5. The van der Waals surface area contributed by atoms with E-state index in [1.165, 1.54) is 156 Å². The number of allylic oxidation sites excluding steroid dienone is 9. The van der Waals surface area contributed by atoms with Crippen molar-refractivity contribution in [2.24, 2.45) is 0 Å². The van der Waals surface area contributed by atoms with Crippen molar-refractivity contribution >= 4 is 54.7 Å². The van der Waals surface area contributed by atoms with Gasteiger partial charge in [-0.05, 0) is 417 Å². The molecule has 0 N–H and O–H groups in total. The van der Waals surface area contributed by atoms with Gasteiger partial charge in [-0.25, -0.2) is 0 Å². The minimum Gasteiger partial charge on any atom is -0.0795 e. The normalized spacial score (nSPS) is 17.6. The van der Waals surface area contributed by atoms with Crippen LogP contribution in [0.4, 0.5) is 0 Å². The second-order valence-corrected chi connectivity index (χ2v) is 41.1. The Hall–Kier alpha value is -14.0. The highest BCUT2D eigenvalue weighted by atomic mass is 14.5. The van der Waals surface area contributed by atoms with Crippen molar-refractivity contribution in [1.29, 1.82) is 0 Å². The zero-order chi connectivity index (χ0) is 85.8. The van der Waals surface area contributed by atoms with Crippen molar-refractivity contribution in [3.05, 3.63) is 574 Å². The van der Waals surface area contributed by atoms with E-state index in [4.69, 9.17) is 0 Å². The third kappa shape index (κ3) is 11.2. The summed E-state index contributed by atoms with van der Waals surface area (Å²) in [6, 6.07) is 87.8. The molecule has 0 saturated heterocycles. The minimum absolute atomic E-state index is 0.405. The quantitative estimate of drug-likeness (QED) is 0.142. The Balaban J connectivity index is 0.0000000792. The van der Waals surface area contributed by atoms with Crippen LogP contribution >= 0.6 is 0 Å². The number of fused-ring (bicyclic) bond motifs is 34. The van der Waals surface area contributed by atoms with E-state index in [1.54, 1.807) is 139 Å². The zero-order valence-corrected chi connectivity index (χ0v) is 74.6. The molecule has 0 saturated carbocycles. The molecule has 132 heavy (non-hydrogen) atoms. The molecule has 0 aliphatic heterocycles. The summed E-state index contributed by atoms with van der Waals surface area (Å²) in [5.74, 6) is 2.07. The van der Waals surface area contributed by atoms with Crippen LogP contribution in [-0.4, -0.2) is 0 Å². The van der Waals surface area contributed by atoms with Gasteiger partial charge in [0.1, 0.15) is 0 Å². The summed E-state index contributed by atoms with van der Waals surface area (Å²) in [6.45, 7) is 0. The molecule has 19 aliphatic carbocycles. The highest BCUT2D eigenvalue weighted by Gasteiger charge is 2.43. The van der Waals surface area contributed by atoms with E-state index in [0.717, 1.165) is 122 Å².